The summed E-state index contributed by atoms with van der Waals surface area (Å²) in [7, 11) is 3.59. The second-order valence-electron chi connectivity index (χ2n) is 7.04. The zero-order valence-corrected chi connectivity index (χ0v) is 18.7. The molecule has 4 aromatic rings. The average molecular weight is 417 g/mol. The van der Waals surface area contributed by atoms with Crippen molar-refractivity contribution in [3.63, 3.8) is 0 Å². The standard InChI is InChI=1S/C24H22N2O3.C2H6/c1-16-6-4-5-7-19(16)21-13-24(27)29-22-12-18(9-10-20(21)22)26(2)15-17-8-11-23(28-3)25-14-17;1-2/h4-14H,15H2,1-3H3;1-2H3. The van der Waals surface area contributed by atoms with Crippen molar-refractivity contribution < 1.29 is 9.15 Å². The number of aromatic nitrogens is 1. The fraction of sp³-hybridized carbons (Fsp3) is 0.231. The highest BCUT2D eigenvalue weighted by atomic mass is 16.5. The van der Waals surface area contributed by atoms with Gasteiger partial charge in [-0.05, 0) is 35.7 Å². The first-order valence-electron chi connectivity index (χ1n) is 10.4. The van der Waals surface area contributed by atoms with Crippen LogP contribution in [-0.4, -0.2) is 19.1 Å². The molecule has 31 heavy (non-hydrogen) atoms. The predicted octanol–water partition coefficient (Wildman–Crippen LogP) is 5.83. The lowest BCUT2D eigenvalue weighted by atomic mass is 9.98. The highest BCUT2D eigenvalue weighted by Crippen LogP contribution is 2.31. The minimum Gasteiger partial charge on any atom is -0.481 e. The molecule has 4 rings (SSSR count). The molecule has 0 radical (unpaired) electrons. The average Bonchev–Trinajstić information content (AvgIpc) is 2.80. The van der Waals surface area contributed by atoms with E-state index in [2.05, 4.69) is 9.88 Å². The number of ether oxygens (including phenoxy) is 1. The van der Waals surface area contributed by atoms with Gasteiger partial charge >= 0.3 is 5.63 Å². The highest BCUT2D eigenvalue weighted by molar-refractivity contribution is 5.95. The third-order valence-electron chi connectivity index (χ3n) is 5.03. The van der Waals surface area contributed by atoms with Gasteiger partial charge in [-0.3, -0.25) is 0 Å². The molecular formula is C26H28N2O3. The molecule has 0 N–H and O–H groups in total. The van der Waals surface area contributed by atoms with Crippen molar-refractivity contribution in [1.29, 1.82) is 0 Å². The fourth-order valence-corrected chi connectivity index (χ4v) is 3.48. The molecule has 0 saturated heterocycles. The molecule has 2 aromatic carbocycles. The van der Waals surface area contributed by atoms with Crippen LogP contribution in [0.1, 0.15) is 25.0 Å². The number of fused-ring (bicyclic) bond motifs is 1. The van der Waals surface area contributed by atoms with Crippen molar-refractivity contribution >= 4 is 16.7 Å². The summed E-state index contributed by atoms with van der Waals surface area (Å²) in [6.07, 6.45) is 1.80. The summed E-state index contributed by atoms with van der Waals surface area (Å²) in [5.41, 5.74) is 5.29. The molecule has 5 nitrogen and oxygen atoms in total. The Morgan fingerprint density at radius 1 is 1.00 bits per heavy atom. The number of aryl methyl sites for hydroxylation is 1. The van der Waals surface area contributed by atoms with Crippen LogP contribution < -0.4 is 15.3 Å². The van der Waals surface area contributed by atoms with Crippen molar-refractivity contribution in [2.24, 2.45) is 0 Å². The third-order valence-corrected chi connectivity index (χ3v) is 5.03. The maximum Gasteiger partial charge on any atom is 0.336 e. The van der Waals surface area contributed by atoms with Crippen molar-refractivity contribution in [3.05, 3.63) is 88.4 Å². The van der Waals surface area contributed by atoms with E-state index in [1.807, 2.05) is 82.4 Å². The lowest BCUT2D eigenvalue weighted by molar-refractivity contribution is 0.397. The van der Waals surface area contributed by atoms with Crippen molar-refractivity contribution in [1.82, 2.24) is 4.98 Å². The van der Waals surface area contributed by atoms with E-state index in [0.717, 1.165) is 33.3 Å². The molecule has 0 aliphatic heterocycles. The number of hydrogen-bond acceptors (Lipinski definition) is 5. The van der Waals surface area contributed by atoms with Crippen molar-refractivity contribution in [3.8, 4) is 17.0 Å². The lowest BCUT2D eigenvalue weighted by Gasteiger charge is -2.20. The van der Waals surface area contributed by atoms with E-state index in [1.165, 1.54) is 0 Å². The zero-order valence-electron chi connectivity index (χ0n) is 18.7. The van der Waals surface area contributed by atoms with E-state index in [4.69, 9.17) is 9.15 Å². The number of methoxy groups -OCH3 is 1. The quantitative estimate of drug-likeness (QED) is 0.383. The monoisotopic (exact) mass is 416 g/mol. The van der Waals surface area contributed by atoms with Gasteiger partial charge in [0.2, 0.25) is 5.88 Å². The number of hydrogen-bond donors (Lipinski definition) is 0. The normalized spacial score (nSPS) is 10.4. The van der Waals surface area contributed by atoms with Crippen LogP contribution in [0.5, 0.6) is 5.88 Å². The van der Waals surface area contributed by atoms with Gasteiger partial charge in [0, 0.05) is 54.6 Å². The zero-order chi connectivity index (χ0) is 22.4. The molecule has 2 aromatic heterocycles. The van der Waals surface area contributed by atoms with E-state index < -0.39 is 0 Å². The first-order chi connectivity index (χ1) is 15.0. The van der Waals surface area contributed by atoms with E-state index in [-0.39, 0.29) is 5.63 Å². The van der Waals surface area contributed by atoms with Gasteiger partial charge in [-0.15, -0.1) is 0 Å². The molecule has 0 spiro atoms. The predicted molar refractivity (Wildman–Crippen MR) is 127 cm³/mol. The maximum absolute atomic E-state index is 12.2. The van der Waals surface area contributed by atoms with Crippen LogP contribution in [0.2, 0.25) is 0 Å². The van der Waals surface area contributed by atoms with E-state index in [0.29, 0.717) is 18.0 Å². The summed E-state index contributed by atoms with van der Waals surface area (Å²) in [5.74, 6) is 0.590. The van der Waals surface area contributed by atoms with Crippen LogP contribution >= 0.6 is 0 Å². The SMILES string of the molecule is CC.COc1ccc(CN(C)c2ccc3c(-c4ccccc4C)cc(=O)oc3c2)cn1. The van der Waals surface area contributed by atoms with E-state index in [1.54, 1.807) is 19.4 Å². The molecule has 2 heterocycles. The van der Waals surface area contributed by atoms with Gasteiger partial charge in [0.15, 0.2) is 0 Å². The van der Waals surface area contributed by atoms with Gasteiger partial charge in [0.25, 0.3) is 0 Å². The van der Waals surface area contributed by atoms with Gasteiger partial charge in [0.05, 0.1) is 7.11 Å². The molecule has 0 aliphatic carbocycles. The number of benzene rings is 2. The van der Waals surface area contributed by atoms with Gasteiger partial charge in [-0.25, -0.2) is 9.78 Å². The highest BCUT2D eigenvalue weighted by Gasteiger charge is 2.12. The lowest BCUT2D eigenvalue weighted by Crippen LogP contribution is -2.16. The largest absolute Gasteiger partial charge is 0.481 e. The van der Waals surface area contributed by atoms with Gasteiger partial charge < -0.3 is 14.1 Å². The Morgan fingerprint density at radius 2 is 1.77 bits per heavy atom. The van der Waals surface area contributed by atoms with Crippen molar-refractivity contribution in [2.75, 3.05) is 19.1 Å². The molecule has 0 saturated carbocycles. The van der Waals surface area contributed by atoms with Crippen LogP contribution in [0, 0.1) is 6.92 Å². The summed E-state index contributed by atoms with van der Waals surface area (Å²) in [4.78, 5) is 18.6. The van der Waals surface area contributed by atoms with E-state index in [9.17, 15) is 4.79 Å². The summed E-state index contributed by atoms with van der Waals surface area (Å²) in [6, 6.07) is 19.4. The maximum atomic E-state index is 12.2. The molecule has 0 aliphatic rings. The van der Waals surface area contributed by atoms with Crippen LogP contribution in [0.3, 0.4) is 0 Å². The van der Waals surface area contributed by atoms with E-state index >= 15 is 0 Å². The third kappa shape index (κ3) is 4.94. The number of pyridine rings is 1. The van der Waals surface area contributed by atoms with Gasteiger partial charge in [-0.1, -0.05) is 44.2 Å². The van der Waals surface area contributed by atoms with Gasteiger partial charge in [0.1, 0.15) is 5.58 Å². The van der Waals surface area contributed by atoms with Crippen LogP contribution in [0.15, 0.2) is 76.1 Å². The Labute approximate surface area is 182 Å². The smallest absolute Gasteiger partial charge is 0.336 e. The van der Waals surface area contributed by atoms with Crippen LogP contribution in [0.4, 0.5) is 5.69 Å². The Hall–Kier alpha value is -3.60. The summed E-state index contributed by atoms with van der Waals surface area (Å²) < 4.78 is 10.6. The molecule has 160 valence electrons. The second-order valence-corrected chi connectivity index (χ2v) is 7.04. The summed E-state index contributed by atoms with van der Waals surface area (Å²) in [5, 5.41) is 0.919. The molecule has 0 fully saturated rings. The molecule has 0 bridgehead atoms. The fourth-order valence-electron chi connectivity index (χ4n) is 3.48. The van der Waals surface area contributed by atoms with Crippen LogP contribution in [0.25, 0.3) is 22.1 Å². The number of rotatable bonds is 5. The Kier molecular flexibility index (Phi) is 7.08. The molecule has 0 atom stereocenters. The van der Waals surface area contributed by atoms with Crippen LogP contribution in [-0.2, 0) is 6.54 Å². The summed E-state index contributed by atoms with van der Waals surface area (Å²) in [6.45, 7) is 6.71. The molecule has 0 unspecified atom stereocenters. The molecule has 0 amide bonds. The molecule has 5 heteroatoms. The van der Waals surface area contributed by atoms with Crippen molar-refractivity contribution in [2.45, 2.75) is 27.3 Å². The minimum atomic E-state index is -0.352. The Morgan fingerprint density at radius 3 is 2.45 bits per heavy atom. The number of anilines is 1. The Bertz CT molecular complexity index is 1210. The first-order valence-corrected chi connectivity index (χ1v) is 10.4. The van der Waals surface area contributed by atoms with Gasteiger partial charge in [-0.2, -0.15) is 0 Å². The molecular weight excluding hydrogens is 388 g/mol. The Balaban J connectivity index is 0.00000132. The topological polar surface area (TPSA) is 55.6 Å². The summed E-state index contributed by atoms with van der Waals surface area (Å²) >= 11 is 0. The second kappa shape index (κ2) is 9.94. The number of nitrogens with zero attached hydrogens (tertiary/aromatic N) is 2. The first kappa shape index (κ1) is 22.1. The minimum absolute atomic E-state index is 0.352.